The van der Waals surface area contributed by atoms with Crippen molar-refractivity contribution in [2.75, 3.05) is 25.0 Å². The third-order valence-electron chi connectivity index (χ3n) is 5.90. The van der Waals surface area contributed by atoms with Crippen molar-refractivity contribution in [3.63, 3.8) is 0 Å². The van der Waals surface area contributed by atoms with E-state index >= 15 is 0 Å². The van der Waals surface area contributed by atoms with Gasteiger partial charge in [-0.15, -0.1) is 0 Å². The van der Waals surface area contributed by atoms with E-state index in [4.69, 9.17) is 0 Å². The standard InChI is InChI=1S/C22H25FN4O2/c23-18-3-1-4-19(13-18)25-21(29)26-12-2-8-22(15-26)9-5-20(28)27(16-22)14-17-6-10-24-11-7-17/h1,3-4,6-7,10-11,13H,2,5,8-9,12,14-16H2,(H,25,29)/t22-/m1/s1. The van der Waals surface area contributed by atoms with Gasteiger partial charge in [0.15, 0.2) is 0 Å². The van der Waals surface area contributed by atoms with Crippen LogP contribution in [-0.4, -0.2) is 46.4 Å². The van der Waals surface area contributed by atoms with Crippen LogP contribution in [0.25, 0.3) is 0 Å². The number of nitrogens with one attached hydrogen (secondary N) is 1. The van der Waals surface area contributed by atoms with Gasteiger partial charge in [-0.05, 0) is 55.2 Å². The van der Waals surface area contributed by atoms with E-state index in [1.54, 1.807) is 29.4 Å². The molecule has 0 bridgehead atoms. The van der Waals surface area contributed by atoms with E-state index in [1.165, 1.54) is 12.1 Å². The van der Waals surface area contributed by atoms with Crippen molar-refractivity contribution < 1.29 is 14.0 Å². The molecule has 29 heavy (non-hydrogen) atoms. The van der Waals surface area contributed by atoms with Crippen LogP contribution in [0.15, 0.2) is 48.8 Å². The Kier molecular flexibility index (Phi) is 5.47. The van der Waals surface area contributed by atoms with Crippen LogP contribution >= 0.6 is 0 Å². The maximum Gasteiger partial charge on any atom is 0.321 e. The number of hydrogen-bond acceptors (Lipinski definition) is 3. The van der Waals surface area contributed by atoms with Crippen LogP contribution < -0.4 is 5.32 Å². The summed E-state index contributed by atoms with van der Waals surface area (Å²) in [7, 11) is 0. The van der Waals surface area contributed by atoms with Gasteiger partial charge in [0.25, 0.3) is 0 Å². The lowest BCUT2D eigenvalue weighted by molar-refractivity contribution is -0.139. The third kappa shape index (κ3) is 4.55. The van der Waals surface area contributed by atoms with E-state index in [9.17, 15) is 14.0 Å². The van der Waals surface area contributed by atoms with Crippen molar-refractivity contribution in [3.8, 4) is 0 Å². The van der Waals surface area contributed by atoms with Crippen molar-refractivity contribution >= 4 is 17.6 Å². The molecule has 0 saturated carbocycles. The van der Waals surface area contributed by atoms with Gasteiger partial charge >= 0.3 is 6.03 Å². The summed E-state index contributed by atoms with van der Waals surface area (Å²) in [6, 6.07) is 9.55. The Bertz CT molecular complexity index is 891. The first-order valence-electron chi connectivity index (χ1n) is 10.0. The lowest BCUT2D eigenvalue weighted by Gasteiger charge is -2.48. The Balaban J connectivity index is 1.43. The molecule has 2 saturated heterocycles. The van der Waals surface area contributed by atoms with Crippen LogP contribution in [-0.2, 0) is 11.3 Å². The van der Waals surface area contributed by atoms with Crippen LogP contribution in [0.5, 0.6) is 0 Å². The number of carbonyl (C=O) groups is 2. The molecule has 0 radical (unpaired) electrons. The molecule has 1 aromatic heterocycles. The molecule has 1 atom stereocenters. The van der Waals surface area contributed by atoms with Crippen LogP contribution in [0.1, 0.15) is 31.2 Å². The summed E-state index contributed by atoms with van der Waals surface area (Å²) in [5.74, 6) is -0.218. The minimum atomic E-state index is -0.379. The summed E-state index contributed by atoms with van der Waals surface area (Å²) in [5.41, 5.74) is 1.42. The average Bonchev–Trinajstić information content (AvgIpc) is 2.72. The number of pyridine rings is 1. The normalized spacial score (nSPS) is 22.0. The van der Waals surface area contributed by atoms with Crippen LogP contribution in [0, 0.1) is 11.2 Å². The lowest BCUT2D eigenvalue weighted by atomic mass is 9.73. The summed E-state index contributed by atoms with van der Waals surface area (Å²) in [6.07, 6.45) is 6.66. The first-order valence-corrected chi connectivity index (χ1v) is 10.0. The Morgan fingerprint density at radius 1 is 1.17 bits per heavy atom. The molecule has 7 heteroatoms. The van der Waals surface area contributed by atoms with Gasteiger partial charge in [0.2, 0.25) is 5.91 Å². The molecule has 6 nitrogen and oxygen atoms in total. The van der Waals surface area contributed by atoms with E-state index in [0.29, 0.717) is 38.3 Å². The zero-order valence-corrected chi connectivity index (χ0v) is 16.3. The number of hydrogen-bond donors (Lipinski definition) is 1. The molecule has 2 aliphatic rings. The van der Waals surface area contributed by atoms with Crippen LogP contribution in [0.3, 0.4) is 0 Å². The maximum absolute atomic E-state index is 13.4. The van der Waals surface area contributed by atoms with Gasteiger partial charge in [-0.25, -0.2) is 9.18 Å². The van der Waals surface area contributed by atoms with Gasteiger partial charge in [0.05, 0.1) is 0 Å². The molecule has 1 aromatic carbocycles. The van der Waals surface area contributed by atoms with E-state index in [-0.39, 0.29) is 23.2 Å². The molecule has 0 aliphatic carbocycles. The molecule has 3 heterocycles. The summed E-state index contributed by atoms with van der Waals surface area (Å²) in [6.45, 7) is 2.49. The smallest absolute Gasteiger partial charge is 0.321 e. The fourth-order valence-corrected chi connectivity index (χ4v) is 4.44. The Labute approximate surface area is 169 Å². The minimum Gasteiger partial charge on any atom is -0.338 e. The third-order valence-corrected chi connectivity index (χ3v) is 5.90. The Morgan fingerprint density at radius 3 is 2.79 bits per heavy atom. The maximum atomic E-state index is 13.4. The zero-order chi connectivity index (χ0) is 20.3. The molecule has 4 rings (SSSR count). The van der Waals surface area contributed by atoms with E-state index in [2.05, 4.69) is 10.3 Å². The predicted molar refractivity (Wildman–Crippen MR) is 108 cm³/mol. The topological polar surface area (TPSA) is 65.5 Å². The molecule has 1 N–H and O–H groups in total. The fraction of sp³-hybridized carbons (Fsp3) is 0.409. The van der Waals surface area contributed by atoms with Gasteiger partial charge in [0, 0.05) is 56.1 Å². The van der Waals surface area contributed by atoms with Gasteiger partial charge in [-0.3, -0.25) is 9.78 Å². The first kappa shape index (κ1) is 19.4. The molecule has 0 unspecified atom stereocenters. The fourth-order valence-electron chi connectivity index (χ4n) is 4.44. The highest BCUT2D eigenvalue weighted by Gasteiger charge is 2.42. The van der Waals surface area contributed by atoms with E-state index in [0.717, 1.165) is 24.8 Å². The quantitative estimate of drug-likeness (QED) is 0.861. The number of amides is 3. The average molecular weight is 396 g/mol. The number of anilines is 1. The second-order valence-corrected chi connectivity index (χ2v) is 8.07. The van der Waals surface area contributed by atoms with Gasteiger partial charge < -0.3 is 15.1 Å². The van der Waals surface area contributed by atoms with Crippen molar-refractivity contribution in [1.29, 1.82) is 0 Å². The van der Waals surface area contributed by atoms with Gasteiger partial charge in [-0.1, -0.05) is 6.07 Å². The van der Waals surface area contributed by atoms with Crippen molar-refractivity contribution in [2.24, 2.45) is 5.41 Å². The van der Waals surface area contributed by atoms with Gasteiger partial charge in [-0.2, -0.15) is 0 Å². The number of carbonyl (C=O) groups excluding carboxylic acids is 2. The molecular weight excluding hydrogens is 371 g/mol. The summed E-state index contributed by atoms with van der Waals surface area (Å²) in [5, 5.41) is 2.79. The minimum absolute atomic E-state index is 0.0849. The number of urea groups is 1. The van der Waals surface area contributed by atoms with Crippen molar-refractivity contribution in [1.82, 2.24) is 14.8 Å². The van der Waals surface area contributed by atoms with Gasteiger partial charge in [0.1, 0.15) is 5.82 Å². The molecule has 152 valence electrons. The number of nitrogens with zero attached hydrogens (tertiary/aromatic N) is 3. The lowest BCUT2D eigenvalue weighted by Crippen LogP contribution is -2.55. The largest absolute Gasteiger partial charge is 0.338 e. The molecule has 1 spiro atoms. The van der Waals surface area contributed by atoms with E-state index in [1.807, 2.05) is 17.0 Å². The number of aromatic nitrogens is 1. The zero-order valence-electron chi connectivity index (χ0n) is 16.3. The summed E-state index contributed by atoms with van der Waals surface area (Å²) in [4.78, 5) is 33.0. The number of piperidine rings is 2. The predicted octanol–water partition coefficient (Wildman–Crippen LogP) is 3.66. The van der Waals surface area contributed by atoms with E-state index < -0.39 is 0 Å². The second-order valence-electron chi connectivity index (χ2n) is 8.07. The molecular formula is C22H25FN4O2. The Morgan fingerprint density at radius 2 is 2.00 bits per heavy atom. The van der Waals surface area contributed by atoms with Crippen molar-refractivity contribution in [3.05, 3.63) is 60.2 Å². The molecule has 3 amide bonds. The van der Waals surface area contributed by atoms with Crippen molar-refractivity contribution in [2.45, 2.75) is 32.2 Å². The number of likely N-dealkylation sites (tertiary alicyclic amines) is 2. The van der Waals surface area contributed by atoms with Crippen LogP contribution in [0.2, 0.25) is 0 Å². The number of benzene rings is 1. The molecule has 2 aliphatic heterocycles. The summed E-state index contributed by atoms with van der Waals surface area (Å²) < 4.78 is 13.4. The SMILES string of the molecule is O=C1CC[C@@]2(CCCN(C(=O)Nc3cccc(F)c3)C2)CN1Cc1ccncc1. The molecule has 2 fully saturated rings. The first-order chi connectivity index (χ1) is 14.0. The monoisotopic (exact) mass is 396 g/mol. The number of halogens is 1. The molecule has 2 aromatic rings. The van der Waals surface area contributed by atoms with Crippen LogP contribution in [0.4, 0.5) is 14.9 Å². The second kappa shape index (κ2) is 8.19. The highest BCUT2D eigenvalue weighted by molar-refractivity contribution is 5.89. The highest BCUT2D eigenvalue weighted by atomic mass is 19.1. The Hall–Kier alpha value is -2.96. The summed E-state index contributed by atoms with van der Waals surface area (Å²) >= 11 is 0. The highest BCUT2D eigenvalue weighted by Crippen LogP contribution is 2.39. The number of rotatable bonds is 3.